The van der Waals surface area contributed by atoms with Gasteiger partial charge < -0.3 is 10.6 Å². The molecule has 0 bridgehead atoms. The predicted molar refractivity (Wildman–Crippen MR) is 112 cm³/mol. The van der Waals surface area contributed by atoms with E-state index in [-0.39, 0.29) is 23.5 Å². The number of carbonyl (C=O) groups excluding carboxylic acids is 3. The van der Waals surface area contributed by atoms with E-state index in [0.29, 0.717) is 10.7 Å². The number of para-hydroxylation sites is 2. The molecule has 0 radical (unpaired) electrons. The average molecular weight is 432 g/mol. The maximum atomic E-state index is 12.1. The van der Waals surface area contributed by atoms with Crippen molar-refractivity contribution in [3.63, 3.8) is 0 Å². The van der Waals surface area contributed by atoms with Gasteiger partial charge >= 0.3 is 11.8 Å². The molecule has 0 aliphatic rings. The molecule has 0 saturated carbocycles. The quantitative estimate of drug-likeness (QED) is 0.279. The maximum absolute atomic E-state index is 12.1. The van der Waals surface area contributed by atoms with Gasteiger partial charge in [0.05, 0.1) is 11.3 Å². The standard InChI is InChI=1S/C19H18ClN5O5/c1-11-7-8-13(10-14(11)20)21-18(27)19(28)24-23-12(2)9-17(26)22-15-5-3-4-6-16(15)25(29)30/h3-8,10H,9H2,1-2H3,(H,21,27)(H,22,26)(H,24,28)/b23-12-. The molecule has 2 aromatic carbocycles. The molecule has 2 rings (SSSR count). The summed E-state index contributed by atoms with van der Waals surface area (Å²) in [4.78, 5) is 46.2. The molecule has 0 unspecified atom stereocenters. The first kappa shape index (κ1) is 22.5. The second kappa shape index (κ2) is 10.1. The molecule has 3 amide bonds. The van der Waals surface area contributed by atoms with Crippen molar-refractivity contribution in [1.29, 1.82) is 0 Å². The molecule has 0 aromatic heterocycles. The van der Waals surface area contributed by atoms with Crippen LogP contribution in [0.3, 0.4) is 0 Å². The molecule has 0 heterocycles. The third-order valence-corrected chi connectivity index (χ3v) is 4.18. The van der Waals surface area contributed by atoms with Gasteiger partial charge in [0.1, 0.15) is 5.69 Å². The summed E-state index contributed by atoms with van der Waals surface area (Å²) in [5, 5.41) is 19.9. The number of nitrogens with zero attached hydrogens (tertiary/aromatic N) is 2. The van der Waals surface area contributed by atoms with Crippen molar-refractivity contribution < 1.29 is 19.3 Å². The van der Waals surface area contributed by atoms with Crippen LogP contribution in [0.4, 0.5) is 17.1 Å². The van der Waals surface area contributed by atoms with Crippen molar-refractivity contribution in [2.24, 2.45) is 5.10 Å². The van der Waals surface area contributed by atoms with Crippen molar-refractivity contribution in [2.45, 2.75) is 20.3 Å². The lowest BCUT2D eigenvalue weighted by Gasteiger charge is -2.07. The van der Waals surface area contributed by atoms with Gasteiger partial charge in [-0.3, -0.25) is 24.5 Å². The molecule has 3 N–H and O–H groups in total. The fraction of sp³-hybridized carbons (Fsp3) is 0.158. The molecule has 0 atom stereocenters. The number of amides is 3. The Kier molecular flexibility index (Phi) is 7.59. The largest absolute Gasteiger partial charge is 0.329 e. The number of benzene rings is 2. The van der Waals surface area contributed by atoms with Crippen LogP contribution in [-0.4, -0.2) is 28.4 Å². The van der Waals surface area contributed by atoms with E-state index < -0.39 is 22.6 Å². The third-order valence-electron chi connectivity index (χ3n) is 3.78. The molecule has 10 nitrogen and oxygen atoms in total. The van der Waals surface area contributed by atoms with E-state index in [9.17, 15) is 24.5 Å². The average Bonchev–Trinajstić information content (AvgIpc) is 2.69. The zero-order valence-electron chi connectivity index (χ0n) is 16.1. The molecule has 30 heavy (non-hydrogen) atoms. The summed E-state index contributed by atoms with van der Waals surface area (Å²) < 4.78 is 0. The number of rotatable bonds is 6. The molecule has 0 aliphatic heterocycles. The lowest BCUT2D eigenvalue weighted by atomic mass is 10.2. The maximum Gasteiger partial charge on any atom is 0.329 e. The minimum atomic E-state index is -1.04. The number of hydrogen-bond acceptors (Lipinski definition) is 6. The van der Waals surface area contributed by atoms with Crippen LogP contribution in [-0.2, 0) is 14.4 Å². The zero-order chi connectivity index (χ0) is 22.3. The molecule has 11 heteroatoms. The number of hydrazone groups is 1. The lowest BCUT2D eigenvalue weighted by Crippen LogP contribution is -2.33. The Morgan fingerprint density at radius 3 is 2.47 bits per heavy atom. The smallest absolute Gasteiger partial charge is 0.320 e. The fourth-order valence-electron chi connectivity index (χ4n) is 2.26. The highest BCUT2D eigenvalue weighted by Crippen LogP contribution is 2.23. The molecule has 2 aromatic rings. The number of nitro benzene ring substituents is 1. The molecule has 156 valence electrons. The first-order valence-corrected chi connectivity index (χ1v) is 8.99. The van der Waals surface area contributed by atoms with E-state index >= 15 is 0 Å². The number of anilines is 2. The van der Waals surface area contributed by atoms with Crippen LogP contribution in [0.1, 0.15) is 18.9 Å². The normalized spacial score (nSPS) is 10.8. The highest BCUT2D eigenvalue weighted by Gasteiger charge is 2.16. The number of carbonyl (C=O) groups is 3. The number of nitrogens with one attached hydrogen (secondary N) is 3. The van der Waals surface area contributed by atoms with E-state index in [2.05, 4.69) is 15.7 Å². The van der Waals surface area contributed by atoms with Gasteiger partial charge in [-0.05, 0) is 37.6 Å². The van der Waals surface area contributed by atoms with Crippen molar-refractivity contribution in [1.82, 2.24) is 5.43 Å². The molecule has 0 fully saturated rings. The highest BCUT2D eigenvalue weighted by atomic mass is 35.5. The SMILES string of the molecule is C/C(CC(=O)Nc1ccccc1[N+](=O)[O-])=N/NC(=O)C(=O)Nc1ccc(C)c(Cl)c1. The van der Waals surface area contributed by atoms with Gasteiger partial charge in [-0.15, -0.1) is 0 Å². The van der Waals surface area contributed by atoms with Gasteiger partial charge in [0.2, 0.25) is 5.91 Å². The van der Waals surface area contributed by atoms with Gasteiger partial charge in [0.15, 0.2) is 0 Å². The Hall–Kier alpha value is -3.79. The summed E-state index contributed by atoms with van der Waals surface area (Å²) in [7, 11) is 0. The van der Waals surface area contributed by atoms with E-state index in [1.807, 2.05) is 5.43 Å². The van der Waals surface area contributed by atoms with Crippen LogP contribution in [0.5, 0.6) is 0 Å². The Bertz CT molecular complexity index is 1040. The first-order valence-electron chi connectivity index (χ1n) is 8.61. The molecular formula is C19H18ClN5O5. The van der Waals surface area contributed by atoms with Crippen molar-refractivity contribution in [2.75, 3.05) is 10.6 Å². The summed E-state index contributed by atoms with van der Waals surface area (Å²) >= 11 is 5.96. The summed E-state index contributed by atoms with van der Waals surface area (Å²) in [5.41, 5.74) is 3.18. The monoisotopic (exact) mass is 431 g/mol. The Morgan fingerprint density at radius 2 is 1.80 bits per heavy atom. The lowest BCUT2D eigenvalue weighted by molar-refractivity contribution is -0.383. The number of nitro groups is 1. The minimum Gasteiger partial charge on any atom is -0.320 e. The van der Waals surface area contributed by atoms with Crippen LogP contribution in [0.25, 0.3) is 0 Å². The first-order chi connectivity index (χ1) is 14.2. The van der Waals surface area contributed by atoms with E-state index in [4.69, 9.17) is 11.6 Å². The van der Waals surface area contributed by atoms with Gasteiger partial charge in [-0.25, -0.2) is 5.43 Å². The zero-order valence-corrected chi connectivity index (χ0v) is 16.8. The van der Waals surface area contributed by atoms with Gasteiger partial charge in [-0.1, -0.05) is 29.8 Å². The Balaban J connectivity index is 1.90. The number of hydrogen-bond donors (Lipinski definition) is 3. The van der Waals surface area contributed by atoms with Crippen LogP contribution >= 0.6 is 11.6 Å². The molecular weight excluding hydrogens is 414 g/mol. The van der Waals surface area contributed by atoms with Crippen LogP contribution in [0.15, 0.2) is 47.6 Å². The van der Waals surface area contributed by atoms with Crippen molar-refractivity contribution >= 4 is 52.1 Å². The Morgan fingerprint density at radius 1 is 1.10 bits per heavy atom. The van der Waals surface area contributed by atoms with Gasteiger partial charge in [0, 0.05) is 22.5 Å². The number of aryl methyl sites for hydroxylation is 1. The minimum absolute atomic E-state index is 0.0421. The topological polar surface area (TPSA) is 143 Å². The molecule has 0 saturated heterocycles. The Labute approximate surface area is 176 Å². The number of halogens is 1. The predicted octanol–water partition coefficient (Wildman–Crippen LogP) is 3.02. The second-order valence-corrected chi connectivity index (χ2v) is 6.61. The summed E-state index contributed by atoms with van der Waals surface area (Å²) in [5.74, 6) is -2.57. The van der Waals surface area contributed by atoms with Crippen LogP contribution < -0.4 is 16.1 Å². The van der Waals surface area contributed by atoms with Crippen molar-refractivity contribution in [3.8, 4) is 0 Å². The van der Waals surface area contributed by atoms with E-state index in [1.54, 1.807) is 25.1 Å². The summed E-state index contributed by atoms with van der Waals surface area (Å²) in [6.07, 6.45) is -0.248. The summed E-state index contributed by atoms with van der Waals surface area (Å²) in [6, 6.07) is 10.5. The second-order valence-electron chi connectivity index (χ2n) is 6.21. The van der Waals surface area contributed by atoms with Crippen LogP contribution in [0.2, 0.25) is 5.02 Å². The van der Waals surface area contributed by atoms with Crippen molar-refractivity contribution in [3.05, 3.63) is 63.2 Å². The van der Waals surface area contributed by atoms with Gasteiger partial charge in [-0.2, -0.15) is 5.10 Å². The fourth-order valence-corrected chi connectivity index (χ4v) is 2.44. The highest BCUT2D eigenvalue weighted by molar-refractivity contribution is 6.40. The summed E-state index contributed by atoms with van der Waals surface area (Å²) in [6.45, 7) is 3.25. The van der Waals surface area contributed by atoms with Gasteiger partial charge in [0.25, 0.3) is 5.69 Å². The molecule has 0 aliphatic carbocycles. The van der Waals surface area contributed by atoms with Crippen LogP contribution in [0, 0.1) is 17.0 Å². The van der Waals surface area contributed by atoms with E-state index in [0.717, 1.165) is 5.56 Å². The van der Waals surface area contributed by atoms with E-state index in [1.165, 1.54) is 31.2 Å². The third kappa shape index (κ3) is 6.38. The molecule has 0 spiro atoms.